The van der Waals surface area contributed by atoms with Gasteiger partial charge in [0.15, 0.2) is 0 Å². The first kappa shape index (κ1) is 16.5. The molecule has 0 fully saturated rings. The highest BCUT2D eigenvalue weighted by Gasteiger charge is 2.18. The van der Waals surface area contributed by atoms with Crippen LogP contribution in [0.2, 0.25) is 5.02 Å². The van der Waals surface area contributed by atoms with E-state index < -0.39 is 10.0 Å². The Balaban J connectivity index is 1.70. The Kier molecular flexibility index (Phi) is 4.76. The lowest BCUT2D eigenvalue weighted by Crippen LogP contribution is -2.28. The number of halogens is 1. The van der Waals surface area contributed by atoms with Crippen molar-refractivity contribution in [3.63, 3.8) is 0 Å². The normalized spacial score (nSPS) is 15.4. The van der Waals surface area contributed by atoms with Crippen molar-refractivity contribution in [2.24, 2.45) is 0 Å². The third-order valence-electron chi connectivity index (χ3n) is 4.25. The minimum Gasteiger partial charge on any atom is -0.212 e. The molecule has 0 heterocycles. The number of benzene rings is 2. The summed E-state index contributed by atoms with van der Waals surface area (Å²) in [5.74, 6) is -0.0422. The van der Waals surface area contributed by atoms with E-state index >= 15 is 0 Å². The minimum absolute atomic E-state index is 0.0422. The summed E-state index contributed by atoms with van der Waals surface area (Å²) in [6, 6.07) is 12.9. The molecule has 0 amide bonds. The Hall–Kier alpha value is -1.36. The van der Waals surface area contributed by atoms with Gasteiger partial charge in [-0.1, -0.05) is 41.9 Å². The monoisotopic (exact) mass is 349 g/mol. The molecule has 1 unspecified atom stereocenters. The quantitative estimate of drug-likeness (QED) is 0.886. The van der Waals surface area contributed by atoms with Gasteiger partial charge in [0.25, 0.3) is 0 Å². The van der Waals surface area contributed by atoms with Crippen LogP contribution < -0.4 is 4.72 Å². The van der Waals surface area contributed by atoms with Gasteiger partial charge in [-0.05, 0) is 60.6 Å². The van der Waals surface area contributed by atoms with Gasteiger partial charge in [0.2, 0.25) is 10.0 Å². The molecule has 1 aliphatic carbocycles. The first-order chi connectivity index (χ1) is 10.9. The highest BCUT2D eigenvalue weighted by molar-refractivity contribution is 7.88. The molecular formula is C18H20ClNO2S. The summed E-state index contributed by atoms with van der Waals surface area (Å²) in [5.41, 5.74) is 4.49. The summed E-state index contributed by atoms with van der Waals surface area (Å²) in [5, 5.41) is 0.602. The average molecular weight is 350 g/mol. The second-order valence-electron chi connectivity index (χ2n) is 6.11. The lowest BCUT2D eigenvalue weighted by molar-refractivity contribution is 0.566. The van der Waals surface area contributed by atoms with Gasteiger partial charge >= 0.3 is 0 Å². The van der Waals surface area contributed by atoms with Crippen molar-refractivity contribution in [2.45, 2.75) is 38.0 Å². The van der Waals surface area contributed by atoms with E-state index in [1.165, 1.54) is 17.5 Å². The van der Waals surface area contributed by atoms with Crippen LogP contribution in [-0.4, -0.2) is 8.42 Å². The van der Waals surface area contributed by atoms with Gasteiger partial charge in [0.05, 0.1) is 5.75 Å². The van der Waals surface area contributed by atoms with Crippen molar-refractivity contribution in [3.8, 4) is 0 Å². The average Bonchev–Trinajstić information content (AvgIpc) is 2.96. The Morgan fingerprint density at radius 1 is 1.09 bits per heavy atom. The van der Waals surface area contributed by atoms with Crippen LogP contribution in [0.25, 0.3) is 0 Å². The standard InChI is InChI=1S/C18H20ClNO2S/c1-13(16-8-7-15-3-2-4-17(15)11-16)20-23(21,22)12-14-5-9-18(19)10-6-14/h5-11,13,20H,2-4,12H2,1H3. The van der Waals surface area contributed by atoms with Crippen molar-refractivity contribution >= 4 is 21.6 Å². The molecule has 0 aliphatic heterocycles. The van der Waals surface area contributed by atoms with E-state index in [0.29, 0.717) is 5.02 Å². The molecule has 122 valence electrons. The Morgan fingerprint density at radius 3 is 2.52 bits per heavy atom. The van der Waals surface area contributed by atoms with Crippen LogP contribution in [0.4, 0.5) is 0 Å². The molecule has 2 aromatic carbocycles. The zero-order chi connectivity index (χ0) is 16.4. The summed E-state index contributed by atoms with van der Waals surface area (Å²) >= 11 is 5.83. The van der Waals surface area contributed by atoms with Crippen LogP contribution in [0.3, 0.4) is 0 Å². The summed E-state index contributed by atoms with van der Waals surface area (Å²) in [6.45, 7) is 1.89. The fourth-order valence-corrected chi connectivity index (χ4v) is 4.56. The van der Waals surface area contributed by atoms with Crippen molar-refractivity contribution in [3.05, 3.63) is 69.7 Å². The van der Waals surface area contributed by atoms with Crippen LogP contribution in [-0.2, 0) is 28.6 Å². The molecule has 0 bridgehead atoms. The smallest absolute Gasteiger partial charge is 0.212 e. The minimum atomic E-state index is -3.40. The number of hydrogen-bond acceptors (Lipinski definition) is 2. The summed E-state index contributed by atoms with van der Waals surface area (Å²) in [7, 11) is -3.40. The van der Waals surface area contributed by atoms with E-state index in [9.17, 15) is 8.42 Å². The van der Waals surface area contributed by atoms with E-state index in [-0.39, 0.29) is 11.8 Å². The van der Waals surface area contributed by atoms with E-state index in [0.717, 1.165) is 24.0 Å². The zero-order valence-electron chi connectivity index (χ0n) is 13.0. The largest absolute Gasteiger partial charge is 0.216 e. The SMILES string of the molecule is CC(NS(=O)(=O)Cc1ccc(Cl)cc1)c1ccc2c(c1)CCC2. The molecule has 0 aromatic heterocycles. The number of rotatable bonds is 5. The molecule has 0 radical (unpaired) electrons. The van der Waals surface area contributed by atoms with Crippen LogP contribution >= 0.6 is 11.6 Å². The number of fused-ring (bicyclic) bond motifs is 1. The van der Waals surface area contributed by atoms with Gasteiger partial charge in [-0.25, -0.2) is 13.1 Å². The maximum atomic E-state index is 12.4. The fraction of sp³-hybridized carbons (Fsp3) is 0.333. The molecule has 23 heavy (non-hydrogen) atoms. The fourth-order valence-electron chi connectivity index (χ4n) is 3.04. The number of sulfonamides is 1. The first-order valence-electron chi connectivity index (χ1n) is 7.79. The predicted molar refractivity (Wildman–Crippen MR) is 94.1 cm³/mol. The Morgan fingerprint density at radius 2 is 1.78 bits per heavy atom. The van der Waals surface area contributed by atoms with Crippen molar-refractivity contribution in [1.29, 1.82) is 0 Å². The van der Waals surface area contributed by atoms with Gasteiger partial charge in [0.1, 0.15) is 0 Å². The maximum absolute atomic E-state index is 12.4. The molecule has 2 aromatic rings. The van der Waals surface area contributed by atoms with Gasteiger partial charge in [-0.15, -0.1) is 0 Å². The second-order valence-corrected chi connectivity index (χ2v) is 8.30. The predicted octanol–water partition coefficient (Wildman–Crippen LogP) is 4.01. The van der Waals surface area contributed by atoms with Gasteiger partial charge in [0, 0.05) is 11.1 Å². The van der Waals surface area contributed by atoms with Gasteiger partial charge < -0.3 is 0 Å². The van der Waals surface area contributed by atoms with E-state index in [2.05, 4.69) is 16.9 Å². The molecule has 1 aliphatic rings. The molecule has 0 saturated carbocycles. The molecule has 0 saturated heterocycles. The molecule has 3 nitrogen and oxygen atoms in total. The Bertz CT molecular complexity index is 800. The van der Waals surface area contributed by atoms with E-state index in [1.54, 1.807) is 24.3 Å². The lowest BCUT2D eigenvalue weighted by atomic mass is 10.0. The Labute approximate surface area is 142 Å². The maximum Gasteiger partial charge on any atom is 0.216 e. The number of nitrogens with one attached hydrogen (secondary N) is 1. The summed E-state index contributed by atoms with van der Waals surface area (Å²) in [4.78, 5) is 0. The molecule has 3 rings (SSSR count). The summed E-state index contributed by atoms with van der Waals surface area (Å²) < 4.78 is 27.5. The molecular weight excluding hydrogens is 330 g/mol. The van der Waals surface area contributed by atoms with Crippen LogP contribution in [0, 0.1) is 0 Å². The highest BCUT2D eigenvalue weighted by Crippen LogP contribution is 2.25. The van der Waals surface area contributed by atoms with Crippen molar-refractivity contribution in [2.75, 3.05) is 0 Å². The third kappa shape index (κ3) is 4.14. The first-order valence-corrected chi connectivity index (χ1v) is 9.82. The second kappa shape index (κ2) is 6.63. The molecule has 1 atom stereocenters. The van der Waals surface area contributed by atoms with Gasteiger partial charge in [-0.2, -0.15) is 0 Å². The third-order valence-corrected chi connectivity index (χ3v) is 5.93. The molecule has 0 spiro atoms. The number of aryl methyl sites for hydroxylation is 2. The molecule has 1 N–H and O–H groups in total. The summed E-state index contributed by atoms with van der Waals surface area (Å²) in [6.07, 6.45) is 3.41. The van der Waals surface area contributed by atoms with E-state index in [1.807, 2.05) is 13.0 Å². The number of hydrogen-bond donors (Lipinski definition) is 1. The topological polar surface area (TPSA) is 46.2 Å². The zero-order valence-corrected chi connectivity index (χ0v) is 14.6. The van der Waals surface area contributed by atoms with Crippen LogP contribution in [0.1, 0.15) is 41.6 Å². The van der Waals surface area contributed by atoms with Crippen molar-refractivity contribution in [1.82, 2.24) is 4.72 Å². The van der Waals surface area contributed by atoms with Crippen LogP contribution in [0.5, 0.6) is 0 Å². The molecule has 5 heteroatoms. The van der Waals surface area contributed by atoms with Gasteiger partial charge in [-0.3, -0.25) is 0 Å². The van der Waals surface area contributed by atoms with E-state index in [4.69, 9.17) is 11.6 Å². The lowest BCUT2D eigenvalue weighted by Gasteiger charge is -2.16. The van der Waals surface area contributed by atoms with Crippen LogP contribution in [0.15, 0.2) is 42.5 Å². The van der Waals surface area contributed by atoms with Crippen molar-refractivity contribution < 1.29 is 8.42 Å². The highest BCUT2D eigenvalue weighted by atomic mass is 35.5.